The zero-order valence-electron chi connectivity index (χ0n) is 11.7. The highest BCUT2D eigenvalue weighted by molar-refractivity contribution is 5.80. The van der Waals surface area contributed by atoms with E-state index in [2.05, 4.69) is 0 Å². The molecule has 1 aliphatic heterocycles. The summed E-state index contributed by atoms with van der Waals surface area (Å²) < 4.78 is 6.06. The quantitative estimate of drug-likeness (QED) is 0.638. The zero-order chi connectivity index (χ0) is 12.7. The van der Waals surface area contributed by atoms with Gasteiger partial charge in [0, 0.05) is 12.8 Å². The minimum absolute atomic E-state index is 0.0749. The minimum atomic E-state index is -0.0749. The lowest BCUT2D eigenvalue weighted by molar-refractivity contribution is -0.142. The van der Waals surface area contributed by atoms with Crippen molar-refractivity contribution in [3.05, 3.63) is 0 Å². The van der Waals surface area contributed by atoms with Crippen molar-refractivity contribution >= 4 is 5.78 Å². The highest BCUT2D eigenvalue weighted by Gasteiger charge is 2.35. The van der Waals surface area contributed by atoms with Gasteiger partial charge in [-0.1, -0.05) is 57.8 Å². The average molecular weight is 252 g/mol. The number of ether oxygens (including phenoxy) is 1. The summed E-state index contributed by atoms with van der Waals surface area (Å²) in [5, 5.41) is 0. The zero-order valence-corrected chi connectivity index (χ0v) is 11.7. The third kappa shape index (κ3) is 4.38. The molecule has 1 heterocycles. The van der Waals surface area contributed by atoms with Crippen molar-refractivity contribution < 1.29 is 9.53 Å². The number of hydrogen-bond donors (Lipinski definition) is 0. The van der Waals surface area contributed by atoms with Gasteiger partial charge in [-0.25, -0.2) is 0 Å². The van der Waals surface area contributed by atoms with E-state index in [0.29, 0.717) is 25.2 Å². The van der Waals surface area contributed by atoms with E-state index in [1.165, 1.54) is 57.8 Å². The Morgan fingerprint density at radius 2 is 1.28 bits per heavy atom. The van der Waals surface area contributed by atoms with Crippen molar-refractivity contribution in [2.24, 2.45) is 0 Å². The molecule has 1 spiro atoms. The third-order valence-corrected chi connectivity index (χ3v) is 4.57. The summed E-state index contributed by atoms with van der Waals surface area (Å²) in [6, 6.07) is 0. The van der Waals surface area contributed by atoms with E-state index in [0.717, 1.165) is 12.8 Å². The molecule has 18 heavy (non-hydrogen) atoms. The Bertz CT molecular complexity index is 248. The fraction of sp³-hybridized carbons (Fsp3) is 0.938. The Hall–Kier alpha value is -0.370. The largest absolute Gasteiger partial charge is 0.374 e. The molecule has 0 aromatic heterocycles. The first-order valence-electron chi connectivity index (χ1n) is 7.96. The van der Waals surface area contributed by atoms with Gasteiger partial charge < -0.3 is 4.74 Å². The van der Waals surface area contributed by atoms with Crippen LogP contribution in [0.5, 0.6) is 0 Å². The highest BCUT2D eigenvalue weighted by Crippen LogP contribution is 2.34. The summed E-state index contributed by atoms with van der Waals surface area (Å²) in [5.41, 5.74) is -0.0749. The van der Waals surface area contributed by atoms with Gasteiger partial charge in [0.05, 0.1) is 12.2 Å². The summed E-state index contributed by atoms with van der Waals surface area (Å²) in [7, 11) is 0. The lowest BCUT2D eigenvalue weighted by Crippen LogP contribution is -2.40. The van der Waals surface area contributed by atoms with Crippen LogP contribution in [0.15, 0.2) is 0 Å². The summed E-state index contributed by atoms with van der Waals surface area (Å²) in [4.78, 5) is 11.7. The lowest BCUT2D eigenvalue weighted by atomic mass is 9.82. The molecule has 0 bridgehead atoms. The van der Waals surface area contributed by atoms with Gasteiger partial charge in [0.2, 0.25) is 0 Å². The molecule has 0 N–H and O–H groups in total. The van der Waals surface area contributed by atoms with E-state index < -0.39 is 0 Å². The molecule has 104 valence electrons. The second-order valence-corrected chi connectivity index (χ2v) is 6.18. The first-order chi connectivity index (χ1) is 8.81. The van der Waals surface area contributed by atoms with Crippen LogP contribution in [0.25, 0.3) is 0 Å². The molecule has 0 aromatic rings. The Labute approximate surface area is 111 Å². The van der Waals surface area contributed by atoms with E-state index in [9.17, 15) is 4.79 Å². The van der Waals surface area contributed by atoms with E-state index >= 15 is 0 Å². The monoisotopic (exact) mass is 252 g/mol. The molecule has 1 aliphatic carbocycles. The number of Topliss-reactive ketones (excluding diaryl/α,β-unsaturated/α-hetero) is 1. The Balaban J connectivity index is 1.89. The van der Waals surface area contributed by atoms with E-state index in [4.69, 9.17) is 4.74 Å². The van der Waals surface area contributed by atoms with Crippen LogP contribution in [0.1, 0.15) is 83.5 Å². The fourth-order valence-corrected chi connectivity index (χ4v) is 3.46. The van der Waals surface area contributed by atoms with Gasteiger partial charge in [-0.3, -0.25) is 4.79 Å². The Morgan fingerprint density at radius 3 is 1.78 bits per heavy atom. The van der Waals surface area contributed by atoms with Crippen LogP contribution in [0, 0.1) is 0 Å². The smallest absolute Gasteiger partial charge is 0.138 e. The predicted molar refractivity (Wildman–Crippen MR) is 73.7 cm³/mol. The molecule has 1 saturated heterocycles. The molecule has 0 radical (unpaired) electrons. The number of carbonyl (C=O) groups is 1. The van der Waals surface area contributed by atoms with Crippen molar-refractivity contribution in [1.29, 1.82) is 0 Å². The summed E-state index contributed by atoms with van der Waals surface area (Å²) in [5.74, 6) is 0.424. The first kappa shape index (κ1) is 14.0. The van der Waals surface area contributed by atoms with Crippen molar-refractivity contribution in [3.63, 3.8) is 0 Å². The molecule has 2 rings (SSSR count). The molecule has 2 aliphatic rings. The van der Waals surface area contributed by atoms with Gasteiger partial charge in [0.1, 0.15) is 5.78 Å². The maximum atomic E-state index is 11.7. The van der Waals surface area contributed by atoms with E-state index in [-0.39, 0.29) is 5.60 Å². The second kappa shape index (κ2) is 7.28. The van der Waals surface area contributed by atoms with Crippen LogP contribution in [0.4, 0.5) is 0 Å². The molecule has 2 fully saturated rings. The molecule has 2 nitrogen and oxygen atoms in total. The normalized spacial score (nSPS) is 27.4. The van der Waals surface area contributed by atoms with Crippen LogP contribution in [-0.4, -0.2) is 18.0 Å². The van der Waals surface area contributed by atoms with E-state index in [1.54, 1.807) is 0 Å². The Kier molecular flexibility index (Phi) is 5.68. The molecule has 2 heteroatoms. The predicted octanol–water partition coefficient (Wildman–Crippen LogP) is 4.41. The van der Waals surface area contributed by atoms with Crippen molar-refractivity contribution in [2.45, 2.75) is 89.1 Å². The van der Waals surface area contributed by atoms with Crippen LogP contribution < -0.4 is 0 Å². The van der Waals surface area contributed by atoms with Crippen LogP contribution in [0.2, 0.25) is 0 Å². The molecule has 0 amide bonds. The van der Waals surface area contributed by atoms with Crippen molar-refractivity contribution in [3.8, 4) is 0 Å². The summed E-state index contributed by atoms with van der Waals surface area (Å²) >= 11 is 0. The van der Waals surface area contributed by atoms with Gasteiger partial charge in [-0.2, -0.15) is 0 Å². The number of hydrogen-bond acceptors (Lipinski definition) is 2. The average Bonchev–Trinajstić information content (AvgIpc) is 2.34. The third-order valence-electron chi connectivity index (χ3n) is 4.57. The van der Waals surface area contributed by atoms with Gasteiger partial charge in [0.15, 0.2) is 0 Å². The maximum Gasteiger partial charge on any atom is 0.138 e. The van der Waals surface area contributed by atoms with Gasteiger partial charge in [-0.05, 0) is 12.8 Å². The standard InChI is InChI=1S/C16H28O2/c17-15-10-13-18-16(14-15)11-8-6-4-2-1-3-5-7-9-12-16/h1-14H2. The van der Waals surface area contributed by atoms with Gasteiger partial charge in [-0.15, -0.1) is 0 Å². The Morgan fingerprint density at radius 1 is 0.778 bits per heavy atom. The number of ketones is 1. The number of rotatable bonds is 0. The number of carbonyl (C=O) groups excluding carboxylic acids is 1. The summed E-state index contributed by atoms with van der Waals surface area (Å²) in [6.07, 6.45) is 15.6. The maximum absolute atomic E-state index is 11.7. The van der Waals surface area contributed by atoms with Gasteiger partial charge >= 0.3 is 0 Å². The molecular formula is C16H28O2. The first-order valence-corrected chi connectivity index (χ1v) is 7.96. The van der Waals surface area contributed by atoms with Crippen LogP contribution in [0.3, 0.4) is 0 Å². The lowest BCUT2D eigenvalue weighted by Gasteiger charge is -2.37. The topological polar surface area (TPSA) is 26.3 Å². The van der Waals surface area contributed by atoms with Crippen LogP contribution in [-0.2, 0) is 9.53 Å². The molecule has 0 aromatic carbocycles. The van der Waals surface area contributed by atoms with Gasteiger partial charge in [0.25, 0.3) is 0 Å². The summed E-state index contributed by atoms with van der Waals surface area (Å²) in [6.45, 7) is 0.666. The van der Waals surface area contributed by atoms with Crippen molar-refractivity contribution in [2.75, 3.05) is 6.61 Å². The van der Waals surface area contributed by atoms with E-state index in [1.807, 2.05) is 0 Å². The SMILES string of the molecule is O=C1CCOC2(CCCCCCCCCCC2)C1. The molecule has 0 unspecified atom stereocenters. The molecular weight excluding hydrogens is 224 g/mol. The van der Waals surface area contributed by atoms with Crippen molar-refractivity contribution in [1.82, 2.24) is 0 Å². The molecule has 1 saturated carbocycles. The molecule has 0 atom stereocenters. The highest BCUT2D eigenvalue weighted by atomic mass is 16.5. The van der Waals surface area contributed by atoms with Crippen LogP contribution >= 0.6 is 0 Å². The fourth-order valence-electron chi connectivity index (χ4n) is 3.46. The second-order valence-electron chi connectivity index (χ2n) is 6.18. The minimum Gasteiger partial charge on any atom is -0.374 e.